The molecule has 6 heteroatoms. The molecule has 2 N–H and O–H groups in total. The highest BCUT2D eigenvalue weighted by atomic mass is 16.3. The van der Waals surface area contributed by atoms with Crippen LogP contribution in [-0.4, -0.2) is 32.3 Å². The third-order valence-electron chi connectivity index (χ3n) is 2.12. The van der Waals surface area contributed by atoms with Crippen LogP contribution in [0.1, 0.15) is 26.1 Å². The van der Waals surface area contributed by atoms with Gasteiger partial charge in [-0.15, -0.1) is 10.2 Å². The van der Waals surface area contributed by atoms with Gasteiger partial charge >= 0.3 is 0 Å². The van der Waals surface area contributed by atoms with Gasteiger partial charge in [-0.05, 0) is 5.92 Å². The lowest BCUT2D eigenvalue weighted by Crippen LogP contribution is -2.28. The zero-order valence-electron chi connectivity index (χ0n) is 9.68. The smallest absolute Gasteiger partial charge is 0.221 e. The molecule has 0 radical (unpaired) electrons. The van der Waals surface area contributed by atoms with Crippen molar-refractivity contribution in [2.24, 2.45) is 5.92 Å². The minimum absolute atomic E-state index is 0.00582. The molecule has 1 aromatic heterocycles. The first-order chi connectivity index (χ1) is 7.63. The Kier molecular flexibility index (Phi) is 4.91. The van der Waals surface area contributed by atoms with Crippen LogP contribution in [0.5, 0.6) is 0 Å². The molecule has 1 heterocycles. The second-order valence-corrected chi connectivity index (χ2v) is 4.05. The van der Waals surface area contributed by atoms with E-state index >= 15 is 0 Å². The lowest BCUT2D eigenvalue weighted by molar-refractivity contribution is -0.121. The molecule has 0 spiro atoms. The molecule has 0 unspecified atom stereocenters. The summed E-state index contributed by atoms with van der Waals surface area (Å²) in [7, 11) is 0. The summed E-state index contributed by atoms with van der Waals surface area (Å²) in [6.07, 6.45) is 1.89. The van der Waals surface area contributed by atoms with Gasteiger partial charge in [0.2, 0.25) is 5.91 Å². The zero-order chi connectivity index (χ0) is 12.0. The van der Waals surface area contributed by atoms with Gasteiger partial charge in [0.05, 0.1) is 0 Å². The van der Waals surface area contributed by atoms with Crippen molar-refractivity contribution < 1.29 is 9.90 Å². The van der Waals surface area contributed by atoms with Crippen LogP contribution in [0.25, 0.3) is 0 Å². The largest absolute Gasteiger partial charge is 0.388 e. The van der Waals surface area contributed by atoms with E-state index in [2.05, 4.69) is 15.5 Å². The molecule has 90 valence electrons. The summed E-state index contributed by atoms with van der Waals surface area (Å²) in [5, 5.41) is 19.1. The number of carbonyl (C=O) groups excluding carboxylic acids is 1. The van der Waals surface area contributed by atoms with E-state index in [-0.39, 0.29) is 12.5 Å². The number of carbonyl (C=O) groups is 1. The summed E-state index contributed by atoms with van der Waals surface area (Å²) in [4.78, 5) is 11.4. The molecule has 0 aliphatic heterocycles. The summed E-state index contributed by atoms with van der Waals surface area (Å²) in [6, 6.07) is 0. The van der Waals surface area contributed by atoms with Crippen LogP contribution >= 0.6 is 0 Å². The average molecular weight is 226 g/mol. The predicted molar refractivity (Wildman–Crippen MR) is 58.4 cm³/mol. The van der Waals surface area contributed by atoms with Crippen LogP contribution in [0.15, 0.2) is 6.33 Å². The standard InChI is InChI=1S/C10H18N4O2/c1-8(2)5-11-10(16)3-4-14-7-12-13-9(14)6-15/h7-8,15H,3-6H2,1-2H3,(H,11,16). The van der Waals surface area contributed by atoms with Crippen molar-refractivity contribution in [2.75, 3.05) is 6.54 Å². The molecule has 0 fully saturated rings. The molecule has 0 saturated carbocycles. The maximum atomic E-state index is 11.4. The van der Waals surface area contributed by atoms with Crippen LogP contribution in [0.3, 0.4) is 0 Å². The topological polar surface area (TPSA) is 80.0 Å². The molecule has 0 bridgehead atoms. The van der Waals surface area contributed by atoms with Gasteiger partial charge in [0.25, 0.3) is 0 Å². The highest BCUT2D eigenvalue weighted by Crippen LogP contribution is 1.97. The number of aliphatic hydroxyl groups is 1. The summed E-state index contributed by atoms with van der Waals surface area (Å²) < 4.78 is 1.68. The average Bonchev–Trinajstić information content (AvgIpc) is 2.70. The summed E-state index contributed by atoms with van der Waals surface area (Å²) in [5.41, 5.74) is 0. The van der Waals surface area contributed by atoms with Crippen molar-refractivity contribution in [1.29, 1.82) is 0 Å². The normalized spacial score (nSPS) is 10.8. The molecule has 0 atom stereocenters. The predicted octanol–water partition coefficient (Wildman–Crippen LogP) is -0.0673. The number of nitrogens with zero attached hydrogens (tertiary/aromatic N) is 3. The zero-order valence-corrected chi connectivity index (χ0v) is 9.68. The molecule has 0 aromatic carbocycles. The Balaban J connectivity index is 2.31. The van der Waals surface area contributed by atoms with Gasteiger partial charge in [-0.3, -0.25) is 4.79 Å². The van der Waals surface area contributed by atoms with E-state index in [9.17, 15) is 4.79 Å². The van der Waals surface area contributed by atoms with Crippen molar-refractivity contribution in [3.05, 3.63) is 12.2 Å². The quantitative estimate of drug-likeness (QED) is 0.711. The van der Waals surface area contributed by atoms with Crippen LogP contribution < -0.4 is 5.32 Å². The molecule has 1 amide bonds. The molecule has 0 aliphatic rings. The first-order valence-electron chi connectivity index (χ1n) is 5.37. The van der Waals surface area contributed by atoms with Crippen molar-refractivity contribution in [3.63, 3.8) is 0 Å². The van der Waals surface area contributed by atoms with E-state index in [0.29, 0.717) is 31.3 Å². The van der Waals surface area contributed by atoms with Crippen LogP contribution in [0.2, 0.25) is 0 Å². The molecule has 16 heavy (non-hydrogen) atoms. The fraction of sp³-hybridized carbons (Fsp3) is 0.700. The highest BCUT2D eigenvalue weighted by molar-refractivity contribution is 5.75. The molecule has 0 saturated heterocycles. The number of aromatic nitrogens is 3. The second kappa shape index (κ2) is 6.22. The number of amides is 1. The van der Waals surface area contributed by atoms with Crippen molar-refractivity contribution >= 4 is 5.91 Å². The maximum absolute atomic E-state index is 11.4. The van der Waals surface area contributed by atoms with Gasteiger partial charge in [0.15, 0.2) is 5.82 Å². The Morgan fingerprint density at radius 3 is 3.00 bits per heavy atom. The van der Waals surface area contributed by atoms with Crippen LogP contribution in [0, 0.1) is 5.92 Å². The fourth-order valence-electron chi connectivity index (χ4n) is 1.22. The van der Waals surface area contributed by atoms with E-state index in [1.807, 2.05) is 13.8 Å². The third-order valence-corrected chi connectivity index (χ3v) is 2.12. The molecule has 6 nitrogen and oxygen atoms in total. The Morgan fingerprint density at radius 1 is 1.62 bits per heavy atom. The van der Waals surface area contributed by atoms with Crippen LogP contribution in [0.4, 0.5) is 0 Å². The Morgan fingerprint density at radius 2 is 2.38 bits per heavy atom. The van der Waals surface area contributed by atoms with Gasteiger partial charge in [-0.2, -0.15) is 0 Å². The molecular weight excluding hydrogens is 208 g/mol. The minimum atomic E-state index is -0.159. The monoisotopic (exact) mass is 226 g/mol. The Hall–Kier alpha value is -1.43. The fourth-order valence-corrected chi connectivity index (χ4v) is 1.22. The van der Waals surface area contributed by atoms with Gasteiger partial charge in [-0.25, -0.2) is 0 Å². The molecule has 0 aliphatic carbocycles. The van der Waals surface area contributed by atoms with E-state index in [4.69, 9.17) is 5.11 Å². The number of nitrogens with one attached hydrogen (secondary N) is 1. The minimum Gasteiger partial charge on any atom is -0.388 e. The van der Waals surface area contributed by atoms with Gasteiger partial charge in [0.1, 0.15) is 12.9 Å². The van der Waals surface area contributed by atoms with Crippen molar-refractivity contribution in [2.45, 2.75) is 33.4 Å². The van der Waals surface area contributed by atoms with Gasteiger partial charge in [-0.1, -0.05) is 13.8 Å². The highest BCUT2D eigenvalue weighted by Gasteiger charge is 2.06. The lowest BCUT2D eigenvalue weighted by atomic mass is 10.2. The number of rotatable bonds is 6. The first-order valence-corrected chi connectivity index (χ1v) is 5.37. The first kappa shape index (κ1) is 12.6. The van der Waals surface area contributed by atoms with Crippen molar-refractivity contribution in [3.8, 4) is 0 Å². The lowest BCUT2D eigenvalue weighted by Gasteiger charge is -2.08. The summed E-state index contributed by atoms with van der Waals surface area (Å²) >= 11 is 0. The maximum Gasteiger partial charge on any atom is 0.221 e. The number of aryl methyl sites for hydroxylation is 1. The number of hydrogen-bond acceptors (Lipinski definition) is 4. The van der Waals surface area contributed by atoms with E-state index < -0.39 is 0 Å². The second-order valence-electron chi connectivity index (χ2n) is 4.05. The molecule has 1 aromatic rings. The third kappa shape index (κ3) is 3.98. The Bertz CT molecular complexity index is 335. The van der Waals surface area contributed by atoms with Gasteiger partial charge in [0, 0.05) is 19.5 Å². The number of aliphatic hydroxyl groups excluding tert-OH is 1. The van der Waals surface area contributed by atoms with Gasteiger partial charge < -0.3 is 15.0 Å². The summed E-state index contributed by atoms with van der Waals surface area (Å²) in [5.74, 6) is 0.940. The SMILES string of the molecule is CC(C)CNC(=O)CCn1cnnc1CO. The van der Waals surface area contributed by atoms with E-state index in [0.717, 1.165) is 0 Å². The van der Waals surface area contributed by atoms with Crippen LogP contribution in [-0.2, 0) is 17.9 Å². The van der Waals surface area contributed by atoms with E-state index in [1.165, 1.54) is 6.33 Å². The summed E-state index contributed by atoms with van der Waals surface area (Å²) in [6.45, 7) is 5.11. The van der Waals surface area contributed by atoms with E-state index in [1.54, 1.807) is 4.57 Å². The molecule has 1 rings (SSSR count). The Labute approximate surface area is 94.7 Å². The van der Waals surface area contributed by atoms with Crippen molar-refractivity contribution in [1.82, 2.24) is 20.1 Å². The number of hydrogen-bond donors (Lipinski definition) is 2. The molecular formula is C10H18N4O2.